The van der Waals surface area contributed by atoms with E-state index in [0.29, 0.717) is 18.3 Å². The number of allylic oxidation sites excluding steroid dienone is 1. The van der Waals surface area contributed by atoms with Gasteiger partial charge >= 0.3 is 0 Å². The van der Waals surface area contributed by atoms with E-state index in [9.17, 15) is 4.79 Å². The first kappa shape index (κ1) is 21.6. The highest BCUT2D eigenvalue weighted by molar-refractivity contribution is 5.94. The molecule has 2 aliphatic rings. The first-order valence-corrected chi connectivity index (χ1v) is 11.5. The molecule has 1 unspecified atom stereocenters. The van der Waals surface area contributed by atoms with Crippen molar-refractivity contribution >= 4 is 5.91 Å². The zero-order chi connectivity index (χ0) is 21.6. The van der Waals surface area contributed by atoms with E-state index in [1.165, 1.54) is 24.1 Å². The van der Waals surface area contributed by atoms with Crippen molar-refractivity contribution in [1.29, 1.82) is 0 Å². The Morgan fingerprint density at radius 3 is 2.84 bits per heavy atom. The van der Waals surface area contributed by atoms with Gasteiger partial charge in [0.05, 0.1) is 13.7 Å². The average molecular weight is 423 g/mol. The van der Waals surface area contributed by atoms with Crippen LogP contribution >= 0.6 is 0 Å². The molecule has 1 aliphatic carbocycles. The van der Waals surface area contributed by atoms with Crippen LogP contribution in [0, 0.1) is 0 Å². The first-order chi connectivity index (χ1) is 15.2. The molecule has 1 saturated heterocycles. The van der Waals surface area contributed by atoms with Crippen molar-refractivity contribution in [2.75, 3.05) is 20.2 Å². The molecule has 1 fully saturated rings. The molecular formula is C25H34N4O2. The van der Waals surface area contributed by atoms with Gasteiger partial charge in [-0.1, -0.05) is 31.1 Å². The first-order valence-electron chi connectivity index (χ1n) is 11.5. The quantitative estimate of drug-likeness (QED) is 0.691. The molecule has 0 saturated carbocycles. The summed E-state index contributed by atoms with van der Waals surface area (Å²) in [4.78, 5) is 15.4. The van der Waals surface area contributed by atoms with Crippen LogP contribution in [-0.2, 0) is 25.9 Å². The maximum absolute atomic E-state index is 13.4. The van der Waals surface area contributed by atoms with Crippen LogP contribution < -0.4 is 10.1 Å². The van der Waals surface area contributed by atoms with Crippen LogP contribution in [0.1, 0.15) is 59.4 Å². The Morgan fingerprint density at radius 1 is 1.29 bits per heavy atom. The third kappa shape index (κ3) is 5.01. The largest absolute Gasteiger partial charge is 0.497 e. The summed E-state index contributed by atoms with van der Waals surface area (Å²) in [5, 5.41) is 8.46. The molecule has 6 heteroatoms. The highest BCUT2D eigenvalue weighted by Gasteiger charge is 2.31. The smallest absolute Gasteiger partial charge is 0.274 e. The van der Waals surface area contributed by atoms with Gasteiger partial charge in [-0.15, -0.1) is 6.58 Å². The predicted octanol–water partition coefficient (Wildman–Crippen LogP) is 3.74. The van der Waals surface area contributed by atoms with Gasteiger partial charge in [-0.25, -0.2) is 0 Å². The molecule has 1 N–H and O–H groups in total. The van der Waals surface area contributed by atoms with Gasteiger partial charge in [0.1, 0.15) is 5.75 Å². The minimum Gasteiger partial charge on any atom is -0.497 e. The Morgan fingerprint density at radius 2 is 2.10 bits per heavy atom. The fraction of sp³-hybridized carbons (Fsp3) is 0.520. The summed E-state index contributed by atoms with van der Waals surface area (Å²) >= 11 is 0. The number of benzene rings is 1. The number of nitrogens with one attached hydrogen (secondary N) is 1. The van der Waals surface area contributed by atoms with E-state index >= 15 is 0 Å². The summed E-state index contributed by atoms with van der Waals surface area (Å²) in [6, 6.07) is 8.49. The molecule has 31 heavy (non-hydrogen) atoms. The van der Waals surface area contributed by atoms with E-state index < -0.39 is 0 Å². The fourth-order valence-corrected chi connectivity index (χ4v) is 4.78. The summed E-state index contributed by atoms with van der Waals surface area (Å²) in [5.41, 5.74) is 4.20. The summed E-state index contributed by atoms with van der Waals surface area (Å²) < 4.78 is 7.33. The summed E-state index contributed by atoms with van der Waals surface area (Å²) in [6.45, 7) is 7.00. The van der Waals surface area contributed by atoms with Crippen LogP contribution in [0.2, 0.25) is 0 Å². The normalized spacial score (nSPS) is 18.9. The van der Waals surface area contributed by atoms with E-state index in [1.807, 2.05) is 27.8 Å². The Hall–Kier alpha value is -2.60. The molecule has 1 aromatic carbocycles. The van der Waals surface area contributed by atoms with E-state index in [4.69, 9.17) is 9.84 Å². The third-order valence-corrected chi connectivity index (χ3v) is 6.47. The Bertz CT molecular complexity index is 912. The van der Waals surface area contributed by atoms with Gasteiger partial charge in [0.15, 0.2) is 5.69 Å². The van der Waals surface area contributed by atoms with Crippen LogP contribution in [0.5, 0.6) is 5.75 Å². The van der Waals surface area contributed by atoms with E-state index in [2.05, 4.69) is 24.0 Å². The van der Waals surface area contributed by atoms with E-state index in [1.54, 1.807) is 7.11 Å². The maximum atomic E-state index is 13.4. The van der Waals surface area contributed by atoms with Crippen molar-refractivity contribution in [3.8, 4) is 5.75 Å². The molecule has 166 valence electrons. The van der Waals surface area contributed by atoms with E-state index in [-0.39, 0.29) is 5.91 Å². The van der Waals surface area contributed by atoms with Gasteiger partial charge < -0.3 is 15.0 Å². The summed E-state index contributed by atoms with van der Waals surface area (Å²) in [5.74, 6) is 0.982. The maximum Gasteiger partial charge on any atom is 0.274 e. The lowest BCUT2D eigenvalue weighted by Crippen LogP contribution is -2.36. The fourth-order valence-electron chi connectivity index (χ4n) is 4.78. The SMILES string of the molecule is C=CCn1nc(C(=O)N2CCCCCC2)c2c1CCC(NCc1cccc(OC)c1)C2. The molecule has 2 aromatic rings. The minimum absolute atomic E-state index is 0.106. The highest BCUT2D eigenvalue weighted by Crippen LogP contribution is 2.27. The molecule has 1 aromatic heterocycles. The lowest BCUT2D eigenvalue weighted by atomic mass is 9.90. The van der Waals surface area contributed by atoms with E-state index in [0.717, 1.165) is 63.1 Å². The number of amides is 1. The van der Waals surface area contributed by atoms with Crippen LogP contribution in [0.25, 0.3) is 0 Å². The zero-order valence-corrected chi connectivity index (χ0v) is 18.6. The number of rotatable bonds is 7. The number of likely N-dealkylation sites (tertiary alicyclic amines) is 1. The van der Waals surface area contributed by atoms with Gasteiger partial charge in [0.25, 0.3) is 5.91 Å². The molecule has 2 heterocycles. The zero-order valence-electron chi connectivity index (χ0n) is 18.6. The number of aromatic nitrogens is 2. The molecule has 6 nitrogen and oxygen atoms in total. The number of hydrogen-bond donors (Lipinski definition) is 1. The molecule has 0 radical (unpaired) electrons. The van der Waals surface area contributed by atoms with Crippen LogP contribution in [-0.4, -0.2) is 46.8 Å². The number of ether oxygens (including phenoxy) is 1. The van der Waals surface area contributed by atoms with Gasteiger partial charge in [-0.3, -0.25) is 9.48 Å². The number of carbonyl (C=O) groups excluding carboxylic acids is 1. The monoisotopic (exact) mass is 422 g/mol. The summed E-state index contributed by atoms with van der Waals surface area (Å²) in [7, 11) is 1.69. The molecule has 0 bridgehead atoms. The molecule has 0 spiro atoms. The predicted molar refractivity (Wildman–Crippen MR) is 122 cm³/mol. The highest BCUT2D eigenvalue weighted by atomic mass is 16.5. The Balaban J connectivity index is 1.50. The average Bonchev–Trinajstić information content (AvgIpc) is 2.97. The number of carbonyl (C=O) groups is 1. The Kier molecular flexibility index (Phi) is 7.07. The van der Waals surface area contributed by atoms with Crippen molar-refractivity contribution in [2.45, 2.75) is 64.1 Å². The van der Waals surface area contributed by atoms with Gasteiger partial charge in [0, 0.05) is 36.9 Å². The number of fused-ring (bicyclic) bond motifs is 1. The van der Waals surface area contributed by atoms with Crippen LogP contribution in [0.15, 0.2) is 36.9 Å². The molecule has 1 amide bonds. The van der Waals surface area contributed by atoms with Gasteiger partial charge in [0.2, 0.25) is 0 Å². The number of hydrogen-bond acceptors (Lipinski definition) is 4. The molecule has 1 atom stereocenters. The van der Waals surface area contributed by atoms with Crippen molar-refractivity contribution in [1.82, 2.24) is 20.0 Å². The van der Waals surface area contributed by atoms with Gasteiger partial charge in [-0.2, -0.15) is 5.10 Å². The van der Waals surface area contributed by atoms with Crippen LogP contribution in [0.4, 0.5) is 0 Å². The van der Waals surface area contributed by atoms with Crippen molar-refractivity contribution < 1.29 is 9.53 Å². The molecule has 4 rings (SSSR count). The second-order valence-corrected chi connectivity index (χ2v) is 8.62. The topological polar surface area (TPSA) is 59.4 Å². The van der Waals surface area contributed by atoms with Gasteiger partial charge in [-0.05, 0) is 49.8 Å². The standard InChI is InChI=1S/C25H34N4O2/c1-3-13-29-23-12-11-20(26-18-19-9-8-10-21(16-19)31-2)17-22(23)24(27-29)25(30)28-14-6-4-5-7-15-28/h3,8-10,16,20,26H,1,4-7,11-15,17-18H2,2H3. The van der Waals surface area contributed by atoms with Crippen molar-refractivity contribution in [3.63, 3.8) is 0 Å². The molecular weight excluding hydrogens is 388 g/mol. The second-order valence-electron chi connectivity index (χ2n) is 8.62. The molecule has 1 aliphatic heterocycles. The number of methoxy groups -OCH3 is 1. The summed E-state index contributed by atoms with van der Waals surface area (Å²) in [6.07, 6.45) is 9.27. The van der Waals surface area contributed by atoms with Crippen LogP contribution in [0.3, 0.4) is 0 Å². The lowest BCUT2D eigenvalue weighted by Gasteiger charge is -2.25. The number of nitrogens with zero attached hydrogens (tertiary/aromatic N) is 3. The lowest BCUT2D eigenvalue weighted by molar-refractivity contribution is 0.0753. The minimum atomic E-state index is 0.106. The Labute approximate surface area is 185 Å². The third-order valence-electron chi connectivity index (χ3n) is 6.47. The van der Waals surface area contributed by atoms with Crippen molar-refractivity contribution in [2.24, 2.45) is 0 Å². The second kappa shape index (κ2) is 10.1. The van der Waals surface area contributed by atoms with Crippen molar-refractivity contribution in [3.05, 3.63) is 59.4 Å².